The summed E-state index contributed by atoms with van der Waals surface area (Å²) in [6.45, 7) is 8.58. The zero-order valence-corrected chi connectivity index (χ0v) is 45.2. The molecule has 0 spiro atoms. The summed E-state index contributed by atoms with van der Waals surface area (Å²) in [6.07, 6.45) is 8.55. The van der Waals surface area contributed by atoms with Crippen LogP contribution in [-0.2, 0) is 46.3 Å². The lowest BCUT2D eigenvalue weighted by Gasteiger charge is -2.52. The van der Waals surface area contributed by atoms with Gasteiger partial charge in [0.15, 0.2) is 23.4 Å². The molecule has 0 amide bonds. The first-order valence-electron chi connectivity index (χ1n) is 27.0. The van der Waals surface area contributed by atoms with Crippen molar-refractivity contribution in [2.45, 2.75) is 126 Å². The van der Waals surface area contributed by atoms with Crippen LogP contribution in [0.1, 0.15) is 104 Å². The van der Waals surface area contributed by atoms with Gasteiger partial charge in [-0.3, -0.25) is 0 Å². The zero-order valence-electron chi connectivity index (χ0n) is 43.6. The maximum absolute atomic E-state index is 13.5. The number of carbonyl (C=O) groups is 4. The van der Waals surface area contributed by atoms with Gasteiger partial charge in [0.05, 0.1) is 39.3 Å². The highest BCUT2D eigenvalue weighted by atomic mass is 32.1. The molecule has 2 aliphatic carbocycles. The largest absolute Gasteiger partial charge is 0.542 e. The summed E-state index contributed by atoms with van der Waals surface area (Å²) in [5.74, 6) is -6.01. The molecular weight excluding hydrogens is 1060 g/mol. The first-order valence-corrected chi connectivity index (χ1v) is 28.8. The number of nitrogens with zero attached hydrogens (tertiary/aromatic N) is 2. The van der Waals surface area contributed by atoms with Crippen LogP contribution >= 0.6 is 22.7 Å². The summed E-state index contributed by atoms with van der Waals surface area (Å²) in [5, 5.41) is 44.9. The number of carbonyl (C=O) groups excluding carboxylic acids is 4. The number of rotatable bonds is 15. The van der Waals surface area contributed by atoms with Crippen molar-refractivity contribution in [3.8, 4) is 0 Å². The van der Waals surface area contributed by atoms with Gasteiger partial charge in [-0.1, -0.05) is 105 Å². The summed E-state index contributed by atoms with van der Waals surface area (Å²) < 4.78 is 77.6. The van der Waals surface area contributed by atoms with Crippen molar-refractivity contribution < 1.29 is 84.4 Å². The number of aliphatic carboxylic acids is 2. The average molecular weight is 1130 g/mol. The Balaban J connectivity index is 0.000000182. The molecule has 78 heavy (non-hydrogen) atoms. The molecule has 8 aliphatic rings. The molecule has 4 bridgehead atoms. The number of thiophene rings is 2. The van der Waals surface area contributed by atoms with E-state index in [1.54, 1.807) is 0 Å². The molecule has 12 rings (SSSR count). The third-order valence-corrected chi connectivity index (χ3v) is 18.9. The van der Waals surface area contributed by atoms with Crippen LogP contribution in [0.5, 0.6) is 0 Å². The third kappa shape index (κ3) is 15.2. The number of carboxylic acids is 2. The number of piperidine rings is 6. The SMILES string of the molecule is O=C(O[C@H]1C[N+]2(CC=Cc3ccccc3)CCC1CC2)[C@](O)(c1cccs1)C1CCCC1.O=C(O[C@H]1C[N+]2(CCCc3ccccc3)CCC1CC2)[C@](O)(c1cccs1)C1CCCC1.O=C([O-])C(F)(F)F.O=C([O-])C(F)(F)F. The Morgan fingerprint density at radius 2 is 0.974 bits per heavy atom. The van der Waals surface area contributed by atoms with E-state index >= 15 is 0 Å². The Morgan fingerprint density at radius 3 is 1.37 bits per heavy atom. The molecule has 8 fully saturated rings. The van der Waals surface area contributed by atoms with Crippen molar-refractivity contribution in [3.63, 3.8) is 0 Å². The highest BCUT2D eigenvalue weighted by Crippen LogP contribution is 2.47. The molecule has 0 unspecified atom stereocenters. The molecular formula is C58H70F6N2O10S2. The van der Waals surface area contributed by atoms with E-state index in [-0.39, 0.29) is 24.0 Å². The van der Waals surface area contributed by atoms with Crippen LogP contribution < -0.4 is 10.2 Å². The van der Waals surface area contributed by atoms with Crippen LogP contribution in [0.15, 0.2) is 102 Å². The standard InChI is InChI=1S/C27H36NO3S.C27H34NO3S.2C2HF3O2/c2*29-26(27(30,23-11-4-5-12-23)25-13-7-19-32-25)31-24-20-28(17-14-22(24)15-18-28)16-6-10-21-8-2-1-3-9-21;2*3-2(4,5)1(6)7/h1-3,7-9,13,19,22-24,30H,4-6,10-12,14-18,20H2;1-3,6-10,13,19,22-24,30H,4-5,11-12,14-18,20H2;2*(H,6,7)/q2*+1;;/p-2/t2*22?,24-,27+,28?;;/m00../s1. The van der Waals surface area contributed by atoms with Crippen LogP contribution in [0.3, 0.4) is 0 Å². The van der Waals surface area contributed by atoms with Gasteiger partial charge < -0.3 is 48.5 Å². The Kier molecular flexibility index (Phi) is 20.5. The maximum Gasteiger partial charge on any atom is 0.430 e. The second-order valence-electron chi connectivity index (χ2n) is 21.8. The first kappa shape index (κ1) is 60.5. The van der Waals surface area contributed by atoms with E-state index in [1.807, 2.05) is 41.1 Å². The van der Waals surface area contributed by atoms with Gasteiger partial charge in [-0.05, 0) is 72.2 Å². The number of alkyl halides is 6. The Bertz CT molecular complexity index is 2530. The monoisotopic (exact) mass is 1130 g/mol. The van der Waals surface area contributed by atoms with Gasteiger partial charge in [0.25, 0.3) is 0 Å². The molecule has 4 aromatic rings. The number of benzene rings is 2. The molecule has 20 heteroatoms. The van der Waals surface area contributed by atoms with E-state index in [9.17, 15) is 46.1 Å². The number of aryl methyl sites for hydroxylation is 1. The number of hydrogen-bond donors (Lipinski definition) is 2. The second kappa shape index (κ2) is 26.4. The Hall–Kier alpha value is -5.12. The van der Waals surface area contributed by atoms with E-state index < -0.39 is 47.4 Å². The molecule has 0 radical (unpaired) electrons. The molecule has 2 saturated carbocycles. The third-order valence-electron chi connectivity index (χ3n) is 16.9. The van der Waals surface area contributed by atoms with E-state index in [2.05, 4.69) is 66.7 Å². The first-order chi connectivity index (χ1) is 37.1. The summed E-state index contributed by atoms with van der Waals surface area (Å²) in [5.41, 5.74) is -0.347. The Morgan fingerprint density at radius 1 is 0.577 bits per heavy atom. The number of quaternary nitrogens is 2. The van der Waals surface area contributed by atoms with Crippen LogP contribution in [0.25, 0.3) is 6.08 Å². The number of carboxylic acid groups (broad SMARTS) is 2. The fraction of sp³-hybridized carbons (Fsp3) is 0.552. The van der Waals surface area contributed by atoms with Gasteiger partial charge in [-0.2, -0.15) is 26.3 Å². The summed E-state index contributed by atoms with van der Waals surface area (Å²) >= 11 is 2.94. The minimum Gasteiger partial charge on any atom is -0.542 e. The van der Waals surface area contributed by atoms with Crippen LogP contribution in [0.2, 0.25) is 0 Å². The van der Waals surface area contributed by atoms with Gasteiger partial charge in [0.1, 0.15) is 25.0 Å². The minimum atomic E-state index is -5.19. The number of hydrogen-bond acceptors (Lipinski definition) is 12. The molecule has 2 aromatic heterocycles. The molecule has 2 N–H and O–H groups in total. The number of esters is 2. The van der Waals surface area contributed by atoms with E-state index in [0.717, 1.165) is 148 Å². The van der Waals surface area contributed by atoms with Crippen molar-refractivity contribution in [1.82, 2.24) is 0 Å². The van der Waals surface area contributed by atoms with Gasteiger partial charge in [0, 0.05) is 65.5 Å². The molecule has 6 aliphatic heterocycles. The van der Waals surface area contributed by atoms with Gasteiger partial charge in [-0.25, -0.2) is 9.59 Å². The number of halogens is 6. The normalized spacial score (nSPS) is 26.5. The lowest BCUT2D eigenvalue weighted by atomic mass is 9.81. The highest BCUT2D eigenvalue weighted by molar-refractivity contribution is 7.10. The number of fused-ring (bicyclic) bond motifs is 6. The fourth-order valence-corrected chi connectivity index (χ4v) is 14.4. The van der Waals surface area contributed by atoms with Crippen molar-refractivity contribution >= 4 is 52.6 Å². The predicted octanol–water partition coefficient (Wildman–Crippen LogP) is 8.50. The molecule has 12 nitrogen and oxygen atoms in total. The number of ether oxygens (including phenoxy) is 2. The average Bonchev–Trinajstić information content (AvgIpc) is 4.32. The summed E-state index contributed by atoms with van der Waals surface area (Å²) in [4.78, 5) is 46.1. The molecule has 6 saturated heterocycles. The fourth-order valence-electron chi connectivity index (χ4n) is 12.6. The molecule has 2 aromatic carbocycles. The van der Waals surface area contributed by atoms with Crippen molar-refractivity contribution in [2.24, 2.45) is 23.7 Å². The van der Waals surface area contributed by atoms with Gasteiger partial charge in [0.2, 0.25) is 0 Å². The number of aliphatic hydroxyl groups is 2. The Labute approximate surface area is 459 Å². The van der Waals surface area contributed by atoms with E-state index in [0.29, 0.717) is 11.8 Å². The van der Waals surface area contributed by atoms with Gasteiger partial charge >= 0.3 is 24.3 Å². The highest BCUT2D eigenvalue weighted by Gasteiger charge is 2.55. The van der Waals surface area contributed by atoms with Gasteiger partial charge in [-0.15, -0.1) is 22.7 Å². The molecule has 426 valence electrons. The molecule has 4 atom stereocenters. The van der Waals surface area contributed by atoms with Crippen LogP contribution in [0, 0.1) is 23.7 Å². The van der Waals surface area contributed by atoms with Crippen LogP contribution in [-0.4, -0.2) is 120 Å². The maximum atomic E-state index is 13.5. The van der Waals surface area contributed by atoms with Crippen molar-refractivity contribution in [2.75, 3.05) is 52.4 Å². The quantitative estimate of drug-likeness (QED) is 0.0668. The van der Waals surface area contributed by atoms with E-state index in [1.165, 1.54) is 46.9 Å². The van der Waals surface area contributed by atoms with E-state index in [4.69, 9.17) is 29.3 Å². The lowest BCUT2D eigenvalue weighted by molar-refractivity contribution is -0.946. The second-order valence-corrected chi connectivity index (χ2v) is 23.7. The predicted molar refractivity (Wildman–Crippen MR) is 277 cm³/mol. The smallest absolute Gasteiger partial charge is 0.430 e. The zero-order chi connectivity index (χ0) is 56.2. The minimum absolute atomic E-state index is 0.0243. The lowest BCUT2D eigenvalue weighted by Crippen LogP contribution is -2.65. The molecule has 8 heterocycles. The summed E-state index contributed by atoms with van der Waals surface area (Å²) in [6, 6.07) is 28.8. The summed E-state index contributed by atoms with van der Waals surface area (Å²) in [7, 11) is 0. The van der Waals surface area contributed by atoms with Crippen molar-refractivity contribution in [3.05, 3.63) is 123 Å². The van der Waals surface area contributed by atoms with Crippen LogP contribution in [0.4, 0.5) is 26.3 Å². The topological polar surface area (TPSA) is 173 Å². The van der Waals surface area contributed by atoms with Crippen molar-refractivity contribution in [1.29, 1.82) is 0 Å².